The Hall–Kier alpha value is -3.70. The Morgan fingerprint density at radius 2 is 1.73 bits per heavy atom. The van der Waals surface area contributed by atoms with Crippen LogP contribution in [0.1, 0.15) is 36.4 Å². The van der Waals surface area contributed by atoms with Crippen molar-refractivity contribution in [1.29, 1.82) is 0 Å². The van der Waals surface area contributed by atoms with E-state index in [0.717, 1.165) is 12.1 Å². The van der Waals surface area contributed by atoms with Gasteiger partial charge in [0.05, 0.1) is 11.9 Å². The summed E-state index contributed by atoms with van der Waals surface area (Å²) in [6, 6.07) is 6.25. The Morgan fingerprint density at radius 3 is 2.39 bits per heavy atom. The Labute approximate surface area is 186 Å². The number of benzene rings is 1. The van der Waals surface area contributed by atoms with Crippen LogP contribution in [0.5, 0.6) is 0 Å². The van der Waals surface area contributed by atoms with Crippen LogP contribution in [0.15, 0.2) is 40.9 Å². The minimum Gasteiger partial charge on any atom is -0.399 e. The van der Waals surface area contributed by atoms with Crippen LogP contribution in [0.2, 0.25) is 0 Å². The second-order valence-electron chi connectivity index (χ2n) is 7.58. The quantitative estimate of drug-likeness (QED) is 0.526. The molecule has 1 amide bonds. The zero-order chi connectivity index (χ0) is 23.4. The van der Waals surface area contributed by atoms with Gasteiger partial charge in [0.15, 0.2) is 11.6 Å². The Bertz CT molecular complexity index is 1110. The third kappa shape index (κ3) is 5.76. The Balaban J connectivity index is 1.34. The molecule has 1 aliphatic rings. The summed E-state index contributed by atoms with van der Waals surface area (Å²) in [4.78, 5) is 18.6. The first kappa shape index (κ1) is 22.5. The molecule has 0 unspecified atom stereocenters. The number of rotatable bonds is 5. The van der Waals surface area contributed by atoms with Crippen LogP contribution in [0.4, 0.5) is 40.8 Å². The average Bonchev–Trinajstić information content (AvgIpc) is 3.23. The first-order chi connectivity index (χ1) is 15.8. The normalized spacial score (nSPS) is 16.1. The van der Waals surface area contributed by atoms with Crippen molar-refractivity contribution in [3.8, 4) is 0 Å². The molecule has 12 heteroatoms. The van der Waals surface area contributed by atoms with Crippen LogP contribution >= 0.6 is 0 Å². The lowest BCUT2D eigenvalue weighted by Crippen LogP contribution is -2.32. The number of halogens is 4. The van der Waals surface area contributed by atoms with Crippen LogP contribution in [-0.2, 0) is 0 Å². The van der Waals surface area contributed by atoms with Crippen LogP contribution < -0.4 is 15.5 Å². The van der Waals surface area contributed by atoms with Gasteiger partial charge in [-0.25, -0.2) is 22.5 Å². The van der Waals surface area contributed by atoms with Crippen LogP contribution in [0.25, 0.3) is 0 Å². The van der Waals surface area contributed by atoms with Gasteiger partial charge in [-0.2, -0.15) is 0 Å². The summed E-state index contributed by atoms with van der Waals surface area (Å²) in [7, 11) is 0. The van der Waals surface area contributed by atoms with Gasteiger partial charge in [-0.15, -0.1) is 5.10 Å². The van der Waals surface area contributed by atoms with E-state index < -0.39 is 23.5 Å². The van der Waals surface area contributed by atoms with Gasteiger partial charge >= 0.3 is 17.8 Å². The lowest BCUT2D eigenvalue weighted by Gasteiger charge is -2.28. The molecule has 2 aromatic heterocycles. The number of aromatic nitrogens is 3. The summed E-state index contributed by atoms with van der Waals surface area (Å²) >= 11 is 0. The van der Waals surface area contributed by atoms with E-state index in [0.29, 0.717) is 37.4 Å². The highest BCUT2D eigenvalue weighted by atomic mass is 19.3. The zero-order valence-electron chi connectivity index (χ0n) is 17.3. The maximum atomic E-state index is 13.5. The zero-order valence-corrected chi connectivity index (χ0v) is 17.3. The van der Waals surface area contributed by atoms with E-state index in [9.17, 15) is 22.4 Å². The van der Waals surface area contributed by atoms with Crippen molar-refractivity contribution in [1.82, 2.24) is 15.2 Å². The molecule has 0 radical (unpaired) electrons. The predicted molar refractivity (Wildman–Crippen MR) is 112 cm³/mol. The number of nitrogens with one attached hydrogen (secondary N) is 2. The summed E-state index contributed by atoms with van der Waals surface area (Å²) in [5, 5.41) is 12.4. The van der Waals surface area contributed by atoms with E-state index in [2.05, 4.69) is 25.8 Å². The minimum atomic E-state index is -2.60. The van der Waals surface area contributed by atoms with E-state index in [4.69, 9.17) is 4.42 Å². The van der Waals surface area contributed by atoms with Crippen molar-refractivity contribution in [2.75, 3.05) is 28.6 Å². The van der Waals surface area contributed by atoms with Crippen molar-refractivity contribution in [3.63, 3.8) is 0 Å². The first-order valence-corrected chi connectivity index (χ1v) is 10.2. The van der Waals surface area contributed by atoms with E-state index >= 15 is 0 Å². The van der Waals surface area contributed by atoms with Crippen molar-refractivity contribution in [3.05, 3.63) is 54.1 Å². The standard InChI is InChI=1S/C21H20F4N6O2/c22-15-5-3-13(11-16(15)23)28-20-30-29-19(33-20)18(32)27-14-4-6-17(26-12-14)31-9-1-7-21(24,25)8-2-10-31/h3-6,11-12H,1-2,7-10H2,(H,27,32)(H,28,30). The van der Waals surface area contributed by atoms with Gasteiger partial charge < -0.3 is 20.0 Å². The van der Waals surface area contributed by atoms with Crippen molar-refractivity contribution in [2.24, 2.45) is 0 Å². The number of carbonyl (C=O) groups excluding carboxylic acids is 1. The maximum Gasteiger partial charge on any atom is 0.320 e. The average molecular weight is 464 g/mol. The number of hydrogen-bond acceptors (Lipinski definition) is 7. The highest BCUT2D eigenvalue weighted by Gasteiger charge is 2.30. The van der Waals surface area contributed by atoms with E-state index in [-0.39, 0.29) is 30.4 Å². The third-order valence-corrected chi connectivity index (χ3v) is 5.06. The van der Waals surface area contributed by atoms with Gasteiger partial charge in [-0.1, -0.05) is 5.10 Å². The monoisotopic (exact) mass is 464 g/mol. The van der Waals surface area contributed by atoms with Crippen molar-refractivity contribution >= 4 is 29.1 Å². The molecule has 1 saturated heterocycles. The molecule has 0 atom stereocenters. The number of amides is 1. The SMILES string of the molecule is O=C(Nc1ccc(N2CCCC(F)(F)CCC2)nc1)c1nnc(Nc2ccc(F)c(F)c2)o1. The van der Waals surface area contributed by atoms with E-state index in [1.807, 2.05) is 4.90 Å². The van der Waals surface area contributed by atoms with Gasteiger partial charge in [0.25, 0.3) is 0 Å². The molecule has 0 bridgehead atoms. The lowest BCUT2D eigenvalue weighted by molar-refractivity contribution is -0.0210. The summed E-state index contributed by atoms with van der Waals surface area (Å²) in [6.07, 6.45) is 1.89. The van der Waals surface area contributed by atoms with Crippen LogP contribution in [0.3, 0.4) is 0 Å². The molecule has 2 N–H and O–H groups in total. The molecular formula is C21H20F4N6O2. The second kappa shape index (κ2) is 9.43. The fraction of sp³-hybridized carbons (Fsp3) is 0.333. The maximum absolute atomic E-state index is 13.5. The molecule has 1 aromatic carbocycles. The summed E-state index contributed by atoms with van der Waals surface area (Å²) in [6.45, 7) is 0.952. The summed E-state index contributed by atoms with van der Waals surface area (Å²) in [5.41, 5.74) is 0.535. The fourth-order valence-corrected chi connectivity index (χ4v) is 3.42. The number of alkyl halides is 2. The third-order valence-electron chi connectivity index (χ3n) is 5.06. The van der Waals surface area contributed by atoms with Gasteiger partial charge in [-0.05, 0) is 37.1 Å². The Kier molecular flexibility index (Phi) is 6.43. The number of hydrogen-bond donors (Lipinski definition) is 2. The predicted octanol–water partition coefficient (Wildman–Crippen LogP) is 4.75. The summed E-state index contributed by atoms with van der Waals surface area (Å²) in [5.74, 6) is -5.07. The van der Waals surface area contributed by atoms with Gasteiger partial charge in [0.1, 0.15) is 5.82 Å². The minimum absolute atomic E-state index is 0.144. The fourth-order valence-electron chi connectivity index (χ4n) is 3.42. The Morgan fingerprint density at radius 1 is 1.00 bits per heavy atom. The number of nitrogens with zero attached hydrogens (tertiary/aromatic N) is 4. The topological polar surface area (TPSA) is 96.2 Å². The number of anilines is 4. The lowest BCUT2D eigenvalue weighted by atomic mass is 10.0. The molecule has 4 rings (SSSR count). The molecule has 3 aromatic rings. The molecule has 0 aliphatic carbocycles. The first-order valence-electron chi connectivity index (χ1n) is 10.2. The van der Waals surface area contributed by atoms with E-state index in [1.165, 1.54) is 12.3 Å². The van der Waals surface area contributed by atoms with E-state index in [1.54, 1.807) is 12.1 Å². The largest absolute Gasteiger partial charge is 0.399 e. The highest BCUT2D eigenvalue weighted by Crippen LogP contribution is 2.29. The van der Waals surface area contributed by atoms with Crippen molar-refractivity contribution < 1.29 is 26.8 Å². The molecule has 33 heavy (non-hydrogen) atoms. The highest BCUT2D eigenvalue weighted by molar-refractivity contribution is 6.00. The second-order valence-corrected chi connectivity index (χ2v) is 7.58. The molecule has 1 fully saturated rings. The summed E-state index contributed by atoms with van der Waals surface area (Å²) < 4.78 is 58.5. The molecule has 174 valence electrons. The molecule has 0 spiro atoms. The molecule has 8 nitrogen and oxygen atoms in total. The molecular weight excluding hydrogens is 444 g/mol. The molecule has 0 saturated carbocycles. The number of pyridine rings is 1. The van der Waals surface area contributed by atoms with Crippen LogP contribution in [-0.4, -0.2) is 40.1 Å². The number of carbonyl (C=O) groups is 1. The van der Waals surface area contributed by atoms with Crippen molar-refractivity contribution in [2.45, 2.75) is 31.6 Å². The van der Waals surface area contributed by atoms with Crippen LogP contribution in [0, 0.1) is 11.6 Å². The smallest absolute Gasteiger partial charge is 0.320 e. The molecule has 1 aliphatic heterocycles. The van der Waals surface area contributed by atoms with Gasteiger partial charge in [-0.3, -0.25) is 4.79 Å². The van der Waals surface area contributed by atoms with Gasteiger partial charge in [0.2, 0.25) is 5.92 Å². The molecule has 3 heterocycles. The van der Waals surface area contributed by atoms with Gasteiger partial charge in [0, 0.05) is 37.7 Å².